The average Bonchev–Trinajstić information content (AvgIpc) is 3.26. The highest BCUT2D eigenvalue weighted by Gasteiger charge is 2.33. The molecule has 0 spiro atoms. The molecule has 0 atom stereocenters. The molecule has 2 aromatic carbocycles. The zero-order chi connectivity index (χ0) is 19.6. The molecule has 1 fully saturated rings. The number of carbonyl (C=O) groups excluding carboxylic acids is 1. The largest absolute Gasteiger partial charge is 0.493 e. The van der Waals surface area contributed by atoms with Gasteiger partial charge in [-0.05, 0) is 36.4 Å². The number of benzene rings is 2. The van der Waals surface area contributed by atoms with Crippen LogP contribution in [0.3, 0.4) is 0 Å². The van der Waals surface area contributed by atoms with Crippen molar-refractivity contribution in [1.29, 1.82) is 0 Å². The SMILES string of the molecule is O=C1CN(c2ccc(OCCc3coc(-c4ccccc4)n3)cc2)S(=O)(=O)N1. The van der Waals surface area contributed by atoms with Gasteiger partial charge in [0.15, 0.2) is 0 Å². The normalized spacial score (nSPS) is 15.4. The van der Waals surface area contributed by atoms with Gasteiger partial charge in [0.05, 0.1) is 18.0 Å². The first-order chi connectivity index (χ1) is 13.5. The van der Waals surface area contributed by atoms with E-state index in [1.807, 2.05) is 35.1 Å². The lowest BCUT2D eigenvalue weighted by molar-refractivity contribution is -0.117. The van der Waals surface area contributed by atoms with Crippen molar-refractivity contribution in [1.82, 2.24) is 9.71 Å². The van der Waals surface area contributed by atoms with E-state index in [-0.39, 0.29) is 6.54 Å². The van der Waals surface area contributed by atoms with Gasteiger partial charge in [0.1, 0.15) is 18.6 Å². The summed E-state index contributed by atoms with van der Waals surface area (Å²) in [6.07, 6.45) is 2.17. The summed E-state index contributed by atoms with van der Waals surface area (Å²) in [6.45, 7) is 0.167. The van der Waals surface area contributed by atoms with Crippen LogP contribution in [0, 0.1) is 0 Å². The molecule has 1 aliphatic heterocycles. The van der Waals surface area contributed by atoms with Crippen molar-refractivity contribution in [3.05, 3.63) is 66.6 Å². The molecule has 4 rings (SSSR count). The molecule has 0 bridgehead atoms. The van der Waals surface area contributed by atoms with Crippen LogP contribution in [-0.4, -0.2) is 32.5 Å². The second-order valence-electron chi connectivity index (χ2n) is 6.14. The summed E-state index contributed by atoms with van der Waals surface area (Å²) >= 11 is 0. The Labute approximate surface area is 161 Å². The van der Waals surface area contributed by atoms with Crippen molar-refractivity contribution in [2.75, 3.05) is 17.5 Å². The third kappa shape index (κ3) is 3.84. The molecule has 1 amide bonds. The lowest BCUT2D eigenvalue weighted by Gasteiger charge is -2.15. The summed E-state index contributed by atoms with van der Waals surface area (Å²) in [6, 6.07) is 16.1. The van der Waals surface area contributed by atoms with Crippen LogP contribution in [0.2, 0.25) is 0 Å². The number of oxazole rings is 1. The average molecular weight is 399 g/mol. The molecule has 1 saturated heterocycles. The van der Waals surface area contributed by atoms with E-state index < -0.39 is 16.1 Å². The van der Waals surface area contributed by atoms with Crippen molar-refractivity contribution >= 4 is 21.8 Å². The number of hydrogen-bond acceptors (Lipinski definition) is 6. The second kappa shape index (κ2) is 7.35. The first kappa shape index (κ1) is 18.1. The van der Waals surface area contributed by atoms with Gasteiger partial charge in [0, 0.05) is 12.0 Å². The number of carbonyl (C=O) groups is 1. The Morgan fingerprint density at radius 2 is 1.86 bits per heavy atom. The third-order valence-corrected chi connectivity index (χ3v) is 5.55. The Morgan fingerprint density at radius 1 is 1.11 bits per heavy atom. The van der Waals surface area contributed by atoms with Crippen LogP contribution in [0.5, 0.6) is 5.75 Å². The zero-order valence-corrected chi connectivity index (χ0v) is 15.6. The summed E-state index contributed by atoms with van der Waals surface area (Å²) in [5.41, 5.74) is 2.09. The molecule has 1 N–H and O–H groups in total. The van der Waals surface area contributed by atoms with Gasteiger partial charge < -0.3 is 9.15 Å². The molecular weight excluding hydrogens is 382 g/mol. The highest BCUT2D eigenvalue weighted by molar-refractivity contribution is 7.92. The Bertz CT molecular complexity index is 1080. The number of aromatic nitrogens is 1. The highest BCUT2D eigenvalue weighted by Crippen LogP contribution is 2.23. The summed E-state index contributed by atoms with van der Waals surface area (Å²) in [5, 5.41) is 0. The standard InChI is InChI=1S/C19H17N3O5S/c23-18-12-22(28(24,25)21-18)16-6-8-17(9-7-16)26-11-10-15-13-27-19(20-15)14-4-2-1-3-5-14/h1-9,13H,10-12H2,(H,21,23). The van der Waals surface area contributed by atoms with E-state index in [9.17, 15) is 13.2 Å². The van der Waals surface area contributed by atoms with Crippen LogP contribution in [0.1, 0.15) is 5.69 Å². The van der Waals surface area contributed by atoms with Gasteiger partial charge in [0.2, 0.25) is 5.89 Å². The predicted octanol–water partition coefficient (Wildman–Crippen LogP) is 2.14. The number of nitrogens with zero attached hydrogens (tertiary/aromatic N) is 2. The molecule has 0 saturated carbocycles. The molecule has 0 unspecified atom stereocenters. The van der Waals surface area contributed by atoms with E-state index >= 15 is 0 Å². The summed E-state index contributed by atoms with van der Waals surface area (Å²) in [4.78, 5) is 15.7. The van der Waals surface area contributed by atoms with Crippen molar-refractivity contribution in [2.45, 2.75) is 6.42 Å². The fourth-order valence-electron chi connectivity index (χ4n) is 2.79. The Balaban J connectivity index is 1.34. The van der Waals surface area contributed by atoms with Crippen LogP contribution in [0.15, 0.2) is 65.3 Å². The maximum absolute atomic E-state index is 11.8. The molecular formula is C19H17N3O5S. The van der Waals surface area contributed by atoms with E-state index in [0.717, 1.165) is 15.6 Å². The molecule has 8 nitrogen and oxygen atoms in total. The Hall–Kier alpha value is -3.33. The van der Waals surface area contributed by atoms with Gasteiger partial charge in [-0.1, -0.05) is 18.2 Å². The van der Waals surface area contributed by atoms with Crippen molar-refractivity contribution in [2.24, 2.45) is 0 Å². The molecule has 0 aliphatic carbocycles. The lowest BCUT2D eigenvalue weighted by Crippen LogP contribution is -2.29. The molecule has 9 heteroatoms. The molecule has 144 valence electrons. The topological polar surface area (TPSA) is 102 Å². The van der Waals surface area contributed by atoms with E-state index in [2.05, 4.69) is 4.98 Å². The molecule has 1 aromatic heterocycles. The van der Waals surface area contributed by atoms with Crippen LogP contribution >= 0.6 is 0 Å². The monoisotopic (exact) mass is 399 g/mol. The maximum Gasteiger partial charge on any atom is 0.326 e. The lowest BCUT2D eigenvalue weighted by atomic mass is 10.2. The quantitative estimate of drug-likeness (QED) is 0.681. The van der Waals surface area contributed by atoms with Crippen LogP contribution in [0.4, 0.5) is 5.69 Å². The summed E-state index contributed by atoms with van der Waals surface area (Å²) in [7, 11) is -3.80. The highest BCUT2D eigenvalue weighted by atomic mass is 32.2. The number of hydrogen-bond donors (Lipinski definition) is 1. The molecule has 2 heterocycles. The number of nitrogens with one attached hydrogen (secondary N) is 1. The Kier molecular flexibility index (Phi) is 4.74. The molecule has 28 heavy (non-hydrogen) atoms. The van der Waals surface area contributed by atoms with Crippen molar-refractivity contribution in [3.8, 4) is 17.2 Å². The smallest absolute Gasteiger partial charge is 0.326 e. The number of anilines is 1. The van der Waals surface area contributed by atoms with Crippen molar-refractivity contribution < 1.29 is 22.4 Å². The van der Waals surface area contributed by atoms with Gasteiger partial charge in [-0.15, -0.1) is 0 Å². The molecule has 3 aromatic rings. The maximum atomic E-state index is 11.8. The minimum absolute atomic E-state index is 0.224. The summed E-state index contributed by atoms with van der Waals surface area (Å²) in [5.74, 6) is 0.601. The van der Waals surface area contributed by atoms with Crippen LogP contribution in [-0.2, 0) is 21.4 Å². The van der Waals surface area contributed by atoms with Gasteiger partial charge >= 0.3 is 10.2 Å². The van der Waals surface area contributed by atoms with E-state index in [4.69, 9.17) is 9.15 Å². The van der Waals surface area contributed by atoms with Crippen molar-refractivity contribution in [3.63, 3.8) is 0 Å². The third-order valence-electron chi connectivity index (χ3n) is 4.14. The number of ether oxygens (including phenoxy) is 1. The minimum Gasteiger partial charge on any atom is -0.493 e. The second-order valence-corrected chi connectivity index (χ2v) is 7.73. The fraction of sp³-hybridized carbons (Fsp3) is 0.158. The van der Waals surface area contributed by atoms with Gasteiger partial charge in [-0.25, -0.2) is 14.0 Å². The molecule has 0 radical (unpaired) electrons. The van der Waals surface area contributed by atoms with Crippen LogP contribution in [0.25, 0.3) is 11.5 Å². The first-order valence-corrected chi connectivity index (χ1v) is 10.0. The minimum atomic E-state index is -3.80. The van der Waals surface area contributed by atoms with E-state index in [1.54, 1.807) is 30.5 Å². The number of rotatable bonds is 6. The summed E-state index contributed by atoms with van der Waals surface area (Å²) < 4.78 is 37.8. The van der Waals surface area contributed by atoms with Gasteiger partial charge in [0.25, 0.3) is 5.91 Å². The molecule has 1 aliphatic rings. The number of amides is 1. The fourth-order valence-corrected chi connectivity index (χ4v) is 3.94. The van der Waals surface area contributed by atoms with E-state index in [0.29, 0.717) is 30.4 Å². The van der Waals surface area contributed by atoms with Crippen LogP contribution < -0.4 is 13.8 Å². The first-order valence-electron chi connectivity index (χ1n) is 8.57. The predicted molar refractivity (Wildman–Crippen MR) is 102 cm³/mol. The zero-order valence-electron chi connectivity index (χ0n) is 14.7. The van der Waals surface area contributed by atoms with E-state index in [1.165, 1.54) is 0 Å². The Morgan fingerprint density at radius 3 is 2.54 bits per heavy atom. The van der Waals surface area contributed by atoms with Gasteiger partial charge in [-0.3, -0.25) is 4.79 Å². The van der Waals surface area contributed by atoms with Gasteiger partial charge in [-0.2, -0.15) is 8.42 Å².